The molecule has 1 heterocycles. The van der Waals surface area contributed by atoms with E-state index >= 15 is 0 Å². The highest BCUT2D eigenvalue weighted by atomic mass is 35.5. The molecule has 1 aromatic rings. The Kier molecular flexibility index (Phi) is 7.42. The highest BCUT2D eigenvalue weighted by Crippen LogP contribution is 2.27. The fraction of sp³-hybridized carbons (Fsp3) is 0.588. The Morgan fingerprint density at radius 2 is 1.92 bits per heavy atom. The Balaban J connectivity index is 2.20. The first kappa shape index (κ1) is 21.1. The van der Waals surface area contributed by atoms with Crippen LogP contribution in [0.15, 0.2) is 23.1 Å². The largest absolute Gasteiger partial charge is 0.379 e. The third-order valence-electron chi connectivity index (χ3n) is 4.51. The number of benzene rings is 1. The molecule has 0 bridgehead atoms. The van der Waals surface area contributed by atoms with E-state index in [9.17, 15) is 13.2 Å². The Morgan fingerprint density at radius 1 is 1.31 bits per heavy atom. The van der Waals surface area contributed by atoms with Gasteiger partial charge in [0.1, 0.15) is 0 Å². The molecule has 0 radical (unpaired) electrons. The van der Waals surface area contributed by atoms with Gasteiger partial charge in [-0.2, -0.15) is 4.31 Å². The zero-order valence-corrected chi connectivity index (χ0v) is 16.9. The Morgan fingerprint density at radius 3 is 2.50 bits per heavy atom. The van der Waals surface area contributed by atoms with Crippen LogP contribution in [0.25, 0.3) is 0 Å². The summed E-state index contributed by atoms with van der Waals surface area (Å²) in [6, 6.07) is 4.00. The van der Waals surface area contributed by atoms with Crippen molar-refractivity contribution in [2.75, 3.05) is 44.7 Å². The fourth-order valence-electron chi connectivity index (χ4n) is 2.84. The summed E-state index contributed by atoms with van der Waals surface area (Å²) in [6.07, 6.45) is 0. The Bertz CT molecular complexity index is 732. The summed E-state index contributed by atoms with van der Waals surface area (Å²) in [5.74, 6) is -0.230. The minimum Gasteiger partial charge on any atom is -0.379 e. The zero-order chi connectivity index (χ0) is 19.3. The van der Waals surface area contributed by atoms with Crippen molar-refractivity contribution in [1.29, 1.82) is 0 Å². The van der Waals surface area contributed by atoms with Crippen molar-refractivity contribution < 1.29 is 17.9 Å². The molecule has 9 heteroatoms. The number of nitrogens with zero attached hydrogens (tertiary/aromatic N) is 2. The first-order valence-electron chi connectivity index (χ1n) is 8.73. The molecule has 26 heavy (non-hydrogen) atoms. The topological polar surface area (TPSA) is 79.0 Å². The van der Waals surface area contributed by atoms with Gasteiger partial charge < -0.3 is 10.1 Å². The molecule has 1 aliphatic heterocycles. The molecular weight excluding hydrogens is 378 g/mol. The van der Waals surface area contributed by atoms with E-state index < -0.39 is 10.0 Å². The fourth-order valence-corrected chi connectivity index (χ4v) is 4.49. The van der Waals surface area contributed by atoms with Crippen LogP contribution in [0.4, 0.5) is 5.69 Å². The summed E-state index contributed by atoms with van der Waals surface area (Å²) < 4.78 is 32.0. The summed E-state index contributed by atoms with van der Waals surface area (Å²) >= 11 is 6.17. The maximum Gasteiger partial charge on any atom is 0.243 e. The second-order valence-electron chi connectivity index (χ2n) is 6.04. The van der Waals surface area contributed by atoms with Crippen molar-refractivity contribution in [3.05, 3.63) is 23.2 Å². The molecule has 1 aliphatic rings. The molecule has 1 atom stereocenters. The van der Waals surface area contributed by atoms with Gasteiger partial charge >= 0.3 is 0 Å². The average Bonchev–Trinajstić information content (AvgIpc) is 2.64. The van der Waals surface area contributed by atoms with E-state index in [1.165, 1.54) is 22.5 Å². The smallest absolute Gasteiger partial charge is 0.243 e. The average molecular weight is 404 g/mol. The number of hydrogen-bond acceptors (Lipinski definition) is 5. The highest BCUT2D eigenvalue weighted by molar-refractivity contribution is 7.89. The number of hydrogen-bond donors (Lipinski definition) is 1. The van der Waals surface area contributed by atoms with E-state index in [1.54, 1.807) is 13.8 Å². The van der Waals surface area contributed by atoms with Gasteiger partial charge in [-0.3, -0.25) is 9.69 Å². The first-order chi connectivity index (χ1) is 12.3. The van der Waals surface area contributed by atoms with E-state index in [1.807, 2.05) is 11.8 Å². The normalized spacial score (nSPS) is 17.3. The number of morpholine rings is 1. The van der Waals surface area contributed by atoms with Crippen molar-refractivity contribution in [2.45, 2.75) is 31.7 Å². The third kappa shape index (κ3) is 4.75. The van der Waals surface area contributed by atoms with Crippen molar-refractivity contribution in [1.82, 2.24) is 9.21 Å². The summed E-state index contributed by atoms with van der Waals surface area (Å²) in [6.45, 7) is 8.66. The van der Waals surface area contributed by atoms with Crippen LogP contribution in [-0.2, 0) is 19.6 Å². The number of nitrogens with one attached hydrogen (secondary N) is 1. The van der Waals surface area contributed by atoms with Gasteiger partial charge in [0.05, 0.1) is 34.9 Å². The zero-order valence-electron chi connectivity index (χ0n) is 15.4. The van der Waals surface area contributed by atoms with Gasteiger partial charge in [0, 0.05) is 26.2 Å². The van der Waals surface area contributed by atoms with Crippen molar-refractivity contribution in [2.24, 2.45) is 0 Å². The standard InChI is InChI=1S/C17H26ClN3O4S/c1-4-21(5-2)26(23,24)14-6-7-15(18)16(12-14)19-17(22)13(3)20-8-10-25-11-9-20/h6-7,12-13H,4-5,8-11H2,1-3H3,(H,19,22)/t13-/m0/s1. The van der Waals surface area contributed by atoms with Gasteiger partial charge in [-0.15, -0.1) is 0 Å². The van der Waals surface area contributed by atoms with Crippen LogP contribution in [0, 0.1) is 0 Å². The molecular formula is C17H26ClN3O4S. The van der Waals surface area contributed by atoms with Gasteiger partial charge in [0.15, 0.2) is 0 Å². The minimum atomic E-state index is -3.62. The monoisotopic (exact) mass is 403 g/mol. The van der Waals surface area contributed by atoms with Gasteiger partial charge in [0.2, 0.25) is 15.9 Å². The second-order valence-corrected chi connectivity index (χ2v) is 8.39. The molecule has 1 saturated heterocycles. The van der Waals surface area contributed by atoms with E-state index in [0.29, 0.717) is 50.1 Å². The molecule has 7 nitrogen and oxygen atoms in total. The number of rotatable bonds is 7. The van der Waals surface area contributed by atoms with Crippen LogP contribution in [0.1, 0.15) is 20.8 Å². The van der Waals surface area contributed by atoms with Gasteiger partial charge in [-0.05, 0) is 25.1 Å². The Labute approximate surface area is 160 Å². The molecule has 0 spiro atoms. The van der Waals surface area contributed by atoms with Crippen molar-refractivity contribution in [3.8, 4) is 0 Å². The number of ether oxygens (including phenoxy) is 1. The summed E-state index contributed by atoms with van der Waals surface area (Å²) in [4.78, 5) is 14.7. The number of amides is 1. The van der Waals surface area contributed by atoms with Crippen molar-refractivity contribution in [3.63, 3.8) is 0 Å². The summed E-state index contributed by atoms with van der Waals surface area (Å²) in [5, 5.41) is 3.06. The lowest BCUT2D eigenvalue weighted by molar-refractivity contribution is -0.122. The van der Waals surface area contributed by atoms with Crippen LogP contribution in [0.5, 0.6) is 0 Å². The van der Waals surface area contributed by atoms with Crippen LogP contribution in [0.2, 0.25) is 5.02 Å². The maximum atomic E-state index is 12.7. The van der Waals surface area contributed by atoms with Crippen LogP contribution >= 0.6 is 11.6 Å². The SMILES string of the molecule is CCN(CC)S(=O)(=O)c1ccc(Cl)c(NC(=O)[C@H](C)N2CCOCC2)c1. The minimum absolute atomic E-state index is 0.111. The molecule has 0 saturated carbocycles. The Hall–Kier alpha value is -1.19. The lowest BCUT2D eigenvalue weighted by atomic mass is 10.2. The van der Waals surface area contributed by atoms with E-state index in [0.717, 1.165) is 0 Å². The number of carbonyl (C=O) groups excluding carboxylic acids is 1. The van der Waals surface area contributed by atoms with Gasteiger partial charge in [-0.1, -0.05) is 25.4 Å². The molecule has 0 unspecified atom stereocenters. The maximum absolute atomic E-state index is 12.7. The lowest BCUT2D eigenvalue weighted by Gasteiger charge is -2.31. The number of anilines is 1. The van der Waals surface area contributed by atoms with Gasteiger partial charge in [-0.25, -0.2) is 8.42 Å². The van der Waals surface area contributed by atoms with Gasteiger partial charge in [0.25, 0.3) is 0 Å². The van der Waals surface area contributed by atoms with E-state index in [-0.39, 0.29) is 16.8 Å². The molecule has 0 aromatic heterocycles. The number of sulfonamides is 1. The molecule has 1 N–H and O–H groups in total. The molecule has 1 fully saturated rings. The van der Waals surface area contributed by atoms with Crippen LogP contribution in [-0.4, -0.2) is 69.0 Å². The molecule has 0 aliphatic carbocycles. The molecule has 1 aromatic carbocycles. The van der Waals surface area contributed by atoms with E-state index in [2.05, 4.69) is 5.32 Å². The predicted octanol–water partition coefficient (Wildman–Crippen LogP) is 2.03. The molecule has 1 amide bonds. The van der Waals surface area contributed by atoms with Crippen molar-refractivity contribution >= 4 is 33.2 Å². The summed E-state index contributed by atoms with van der Waals surface area (Å²) in [5.41, 5.74) is 0.296. The first-order valence-corrected chi connectivity index (χ1v) is 10.5. The van der Waals surface area contributed by atoms with Crippen LogP contribution in [0.3, 0.4) is 0 Å². The number of halogens is 1. The van der Waals surface area contributed by atoms with Crippen LogP contribution < -0.4 is 5.32 Å². The molecule has 146 valence electrons. The predicted molar refractivity (Wildman–Crippen MR) is 102 cm³/mol. The quantitative estimate of drug-likeness (QED) is 0.753. The second kappa shape index (κ2) is 9.14. The number of carbonyl (C=O) groups is 1. The summed E-state index contributed by atoms with van der Waals surface area (Å²) in [7, 11) is -3.62. The lowest BCUT2D eigenvalue weighted by Crippen LogP contribution is -2.47. The molecule has 2 rings (SSSR count). The van der Waals surface area contributed by atoms with E-state index in [4.69, 9.17) is 16.3 Å². The highest BCUT2D eigenvalue weighted by Gasteiger charge is 2.26. The third-order valence-corrected chi connectivity index (χ3v) is 6.89.